The van der Waals surface area contributed by atoms with E-state index in [2.05, 4.69) is 61.2 Å². The Hall–Kier alpha value is -0.930. The summed E-state index contributed by atoms with van der Waals surface area (Å²) in [5.41, 5.74) is 3.91. The predicted molar refractivity (Wildman–Crippen MR) is 109 cm³/mol. The SMILES string of the molecule is CCN(CC)CC/C=C1/c2ccccc2Sc2ccc(Cl)cc21.Cl. The van der Waals surface area contributed by atoms with Crippen LogP contribution in [-0.4, -0.2) is 24.5 Å². The lowest BCUT2D eigenvalue weighted by Crippen LogP contribution is -2.23. The van der Waals surface area contributed by atoms with Gasteiger partial charge in [-0.1, -0.05) is 61.5 Å². The Bertz CT molecular complexity index is 723. The van der Waals surface area contributed by atoms with Gasteiger partial charge in [-0.3, -0.25) is 0 Å². The fraction of sp³-hybridized carbons (Fsp3) is 0.300. The van der Waals surface area contributed by atoms with Crippen LogP contribution in [0.5, 0.6) is 0 Å². The van der Waals surface area contributed by atoms with E-state index in [0.717, 1.165) is 31.1 Å². The van der Waals surface area contributed by atoms with Crippen LogP contribution in [0.1, 0.15) is 31.4 Å². The van der Waals surface area contributed by atoms with Crippen LogP contribution in [0.15, 0.2) is 58.3 Å². The van der Waals surface area contributed by atoms with Crippen molar-refractivity contribution in [3.8, 4) is 0 Å². The van der Waals surface area contributed by atoms with Gasteiger partial charge in [-0.05, 0) is 60.5 Å². The van der Waals surface area contributed by atoms with Gasteiger partial charge in [0.1, 0.15) is 0 Å². The largest absolute Gasteiger partial charge is 0.304 e. The summed E-state index contributed by atoms with van der Waals surface area (Å²) in [6.45, 7) is 7.75. The van der Waals surface area contributed by atoms with Crippen molar-refractivity contribution < 1.29 is 0 Å². The maximum Gasteiger partial charge on any atom is 0.0412 e. The quantitative estimate of drug-likeness (QED) is 0.505. The summed E-state index contributed by atoms with van der Waals surface area (Å²) >= 11 is 8.09. The molecule has 0 saturated carbocycles. The third-order valence-electron chi connectivity index (χ3n) is 4.32. The third-order valence-corrected chi connectivity index (χ3v) is 5.70. The minimum Gasteiger partial charge on any atom is -0.304 e. The van der Waals surface area contributed by atoms with Gasteiger partial charge in [0.15, 0.2) is 0 Å². The van der Waals surface area contributed by atoms with Crippen molar-refractivity contribution in [2.24, 2.45) is 0 Å². The van der Waals surface area contributed by atoms with Gasteiger partial charge >= 0.3 is 0 Å². The molecule has 2 aromatic rings. The Morgan fingerprint density at radius 3 is 2.46 bits per heavy atom. The van der Waals surface area contributed by atoms with Crippen LogP contribution in [0.25, 0.3) is 5.57 Å². The lowest BCUT2D eigenvalue weighted by atomic mass is 9.96. The minimum atomic E-state index is 0. The molecule has 1 aliphatic rings. The normalized spacial score (nSPS) is 14.2. The molecule has 0 saturated heterocycles. The molecule has 128 valence electrons. The summed E-state index contributed by atoms with van der Waals surface area (Å²) in [7, 11) is 0. The molecule has 0 aliphatic carbocycles. The Labute approximate surface area is 160 Å². The van der Waals surface area contributed by atoms with E-state index in [0.29, 0.717) is 0 Å². The van der Waals surface area contributed by atoms with Crippen molar-refractivity contribution in [3.05, 3.63) is 64.7 Å². The molecule has 1 aliphatic heterocycles. The highest BCUT2D eigenvalue weighted by Crippen LogP contribution is 2.46. The van der Waals surface area contributed by atoms with Gasteiger partial charge in [0, 0.05) is 21.4 Å². The van der Waals surface area contributed by atoms with Crippen LogP contribution in [-0.2, 0) is 0 Å². The van der Waals surface area contributed by atoms with E-state index in [1.165, 1.54) is 26.5 Å². The van der Waals surface area contributed by atoms with Gasteiger partial charge in [0.25, 0.3) is 0 Å². The zero-order valence-corrected chi connectivity index (χ0v) is 16.5. The van der Waals surface area contributed by atoms with Gasteiger partial charge in [-0.2, -0.15) is 0 Å². The predicted octanol–water partition coefficient (Wildman–Crippen LogP) is 6.39. The highest BCUT2D eigenvalue weighted by Gasteiger charge is 2.20. The Morgan fingerprint density at radius 2 is 1.71 bits per heavy atom. The van der Waals surface area contributed by atoms with E-state index < -0.39 is 0 Å². The first kappa shape index (κ1) is 19.4. The second-order valence-electron chi connectivity index (χ2n) is 5.67. The van der Waals surface area contributed by atoms with Crippen molar-refractivity contribution >= 4 is 41.3 Å². The summed E-state index contributed by atoms with van der Waals surface area (Å²) in [5.74, 6) is 0. The number of hydrogen-bond acceptors (Lipinski definition) is 2. The fourth-order valence-electron chi connectivity index (χ4n) is 2.99. The maximum absolute atomic E-state index is 6.25. The number of rotatable bonds is 5. The molecule has 2 aromatic carbocycles. The molecular formula is C20H23Cl2NS. The lowest BCUT2D eigenvalue weighted by Gasteiger charge is -2.23. The second kappa shape index (κ2) is 8.96. The number of benzene rings is 2. The molecule has 0 fully saturated rings. The Kier molecular flexibility index (Phi) is 7.24. The highest BCUT2D eigenvalue weighted by atomic mass is 35.5. The molecule has 4 heteroatoms. The third kappa shape index (κ3) is 4.18. The standard InChI is InChI=1S/C20H22ClNS.ClH/c1-3-22(4-2)13-7-9-16-17-8-5-6-10-19(17)23-20-12-11-15(21)14-18(16)20;/h5-6,8-12,14H,3-4,7,13H2,1-2H3;1H/b16-9-;. The van der Waals surface area contributed by atoms with Crippen molar-refractivity contribution in [1.82, 2.24) is 4.90 Å². The molecule has 3 rings (SSSR count). The summed E-state index contributed by atoms with van der Waals surface area (Å²) in [6.07, 6.45) is 3.44. The summed E-state index contributed by atoms with van der Waals surface area (Å²) < 4.78 is 0. The van der Waals surface area contributed by atoms with Crippen LogP contribution in [0.4, 0.5) is 0 Å². The number of halogens is 2. The monoisotopic (exact) mass is 379 g/mol. The zero-order valence-electron chi connectivity index (χ0n) is 14.1. The number of nitrogens with zero attached hydrogens (tertiary/aromatic N) is 1. The summed E-state index contributed by atoms with van der Waals surface area (Å²) in [4.78, 5) is 5.08. The van der Waals surface area contributed by atoms with Crippen molar-refractivity contribution in [3.63, 3.8) is 0 Å². The van der Waals surface area contributed by atoms with Crippen molar-refractivity contribution in [2.45, 2.75) is 30.1 Å². The first-order valence-corrected chi connectivity index (χ1v) is 9.42. The van der Waals surface area contributed by atoms with Gasteiger partial charge in [0.2, 0.25) is 0 Å². The Morgan fingerprint density at radius 1 is 1.00 bits per heavy atom. The summed E-state index contributed by atoms with van der Waals surface area (Å²) in [5, 5.41) is 0.804. The van der Waals surface area contributed by atoms with E-state index in [4.69, 9.17) is 11.6 Å². The molecule has 0 amide bonds. The lowest BCUT2D eigenvalue weighted by molar-refractivity contribution is 0.310. The van der Waals surface area contributed by atoms with E-state index in [9.17, 15) is 0 Å². The molecule has 0 aromatic heterocycles. The molecule has 0 unspecified atom stereocenters. The molecule has 1 heterocycles. The van der Waals surface area contributed by atoms with Crippen LogP contribution in [0.3, 0.4) is 0 Å². The first-order chi connectivity index (χ1) is 11.2. The molecule has 1 nitrogen and oxygen atoms in total. The van der Waals surface area contributed by atoms with Crippen molar-refractivity contribution in [1.29, 1.82) is 0 Å². The number of hydrogen-bond donors (Lipinski definition) is 0. The van der Waals surface area contributed by atoms with Crippen LogP contribution >= 0.6 is 35.8 Å². The van der Waals surface area contributed by atoms with E-state index >= 15 is 0 Å². The molecule has 0 bridgehead atoms. The van der Waals surface area contributed by atoms with E-state index in [-0.39, 0.29) is 12.4 Å². The van der Waals surface area contributed by atoms with Gasteiger partial charge < -0.3 is 4.90 Å². The van der Waals surface area contributed by atoms with Gasteiger partial charge in [-0.15, -0.1) is 12.4 Å². The summed E-state index contributed by atoms with van der Waals surface area (Å²) in [6, 6.07) is 14.9. The smallest absolute Gasteiger partial charge is 0.0412 e. The molecule has 0 spiro atoms. The average Bonchev–Trinajstić information content (AvgIpc) is 2.58. The minimum absolute atomic E-state index is 0. The molecule has 0 radical (unpaired) electrons. The van der Waals surface area contributed by atoms with Crippen LogP contribution in [0.2, 0.25) is 5.02 Å². The molecular weight excluding hydrogens is 357 g/mol. The second-order valence-corrected chi connectivity index (χ2v) is 7.19. The molecule has 0 N–H and O–H groups in total. The highest BCUT2D eigenvalue weighted by molar-refractivity contribution is 7.99. The van der Waals surface area contributed by atoms with E-state index in [1.807, 2.05) is 17.8 Å². The average molecular weight is 380 g/mol. The maximum atomic E-state index is 6.25. The van der Waals surface area contributed by atoms with Gasteiger partial charge in [-0.25, -0.2) is 0 Å². The zero-order chi connectivity index (χ0) is 16.2. The van der Waals surface area contributed by atoms with Gasteiger partial charge in [0.05, 0.1) is 0 Å². The topological polar surface area (TPSA) is 3.24 Å². The van der Waals surface area contributed by atoms with E-state index in [1.54, 1.807) is 0 Å². The van der Waals surface area contributed by atoms with Crippen LogP contribution in [0, 0.1) is 0 Å². The number of fused-ring (bicyclic) bond motifs is 2. The van der Waals surface area contributed by atoms with Crippen molar-refractivity contribution in [2.75, 3.05) is 19.6 Å². The first-order valence-electron chi connectivity index (χ1n) is 8.22. The Balaban J connectivity index is 0.00000208. The fourth-order valence-corrected chi connectivity index (χ4v) is 4.25. The molecule has 0 atom stereocenters. The molecule has 24 heavy (non-hydrogen) atoms. The van der Waals surface area contributed by atoms with Crippen LogP contribution < -0.4 is 0 Å².